The molecule has 2 unspecified atom stereocenters. The van der Waals surface area contributed by atoms with E-state index in [0.29, 0.717) is 6.04 Å². The van der Waals surface area contributed by atoms with Gasteiger partial charge in [-0.3, -0.25) is 0 Å². The predicted octanol–water partition coefficient (Wildman–Crippen LogP) is 5.30. The Labute approximate surface area is 152 Å². The molecule has 1 N–H and O–H groups in total. The Kier molecular flexibility index (Phi) is 4.42. The molecule has 5 heteroatoms. The summed E-state index contributed by atoms with van der Waals surface area (Å²) in [5.41, 5.74) is 3.39. The van der Waals surface area contributed by atoms with Gasteiger partial charge in [-0.05, 0) is 30.9 Å². The Morgan fingerprint density at radius 1 is 1.32 bits per heavy atom. The van der Waals surface area contributed by atoms with E-state index in [4.69, 9.17) is 9.72 Å². The maximum Gasteiger partial charge on any atom is 0.183 e. The molecule has 3 aromatic rings. The quantitative estimate of drug-likeness (QED) is 0.690. The van der Waals surface area contributed by atoms with Crippen LogP contribution in [0.5, 0.6) is 5.75 Å². The minimum absolute atomic E-state index is 0.569. The number of methoxy groups -OCH3 is 1. The number of ether oxygens (including phenoxy) is 1. The van der Waals surface area contributed by atoms with Crippen molar-refractivity contribution < 1.29 is 4.74 Å². The largest absolute Gasteiger partial charge is 0.497 e. The van der Waals surface area contributed by atoms with Crippen molar-refractivity contribution in [2.24, 2.45) is 13.0 Å². The van der Waals surface area contributed by atoms with Gasteiger partial charge in [-0.2, -0.15) is 0 Å². The third-order valence-electron chi connectivity index (χ3n) is 5.24. The van der Waals surface area contributed by atoms with Crippen LogP contribution in [0.3, 0.4) is 0 Å². The summed E-state index contributed by atoms with van der Waals surface area (Å²) in [6.45, 7) is 2.35. The first-order valence-corrected chi connectivity index (χ1v) is 9.87. The first kappa shape index (κ1) is 16.5. The van der Waals surface area contributed by atoms with E-state index in [1.807, 2.05) is 6.07 Å². The molecule has 0 bridgehead atoms. The molecule has 2 atom stereocenters. The molecule has 25 heavy (non-hydrogen) atoms. The van der Waals surface area contributed by atoms with Crippen LogP contribution in [-0.2, 0) is 7.05 Å². The third-order valence-corrected chi connectivity index (χ3v) is 6.02. The number of nitrogens with zero attached hydrogens (tertiary/aromatic N) is 2. The van der Waals surface area contributed by atoms with Crippen LogP contribution >= 0.6 is 11.3 Å². The standard InChI is InChI=1S/C20H25N3OS/c1-13-5-4-6-14(9-13)21-20-22-18(12-25-20)17-11-23(2)19-10-15(24-3)7-8-16(17)19/h7-8,10-14H,4-6,9H2,1-3H3,(H,21,22). The minimum atomic E-state index is 0.569. The summed E-state index contributed by atoms with van der Waals surface area (Å²) >= 11 is 1.71. The minimum Gasteiger partial charge on any atom is -0.497 e. The lowest BCUT2D eigenvalue weighted by Gasteiger charge is -2.27. The number of nitrogens with one attached hydrogen (secondary N) is 1. The van der Waals surface area contributed by atoms with E-state index >= 15 is 0 Å². The van der Waals surface area contributed by atoms with Crippen LogP contribution in [-0.4, -0.2) is 22.7 Å². The van der Waals surface area contributed by atoms with Gasteiger partial charge in [0.25, 0.3) is 0 Å². The van der Waals surface area contributed by atoms with Crippen molar-refractivity contribution in [3.8, 4) is 17.0 Å². The van der Waals surface area contributed by atoms with Crippen molar-refractivity contribution in [3.63, 3.8) is 0 Å². The number of aromatic nitrogens is 2. The zero-order valence-corrected chi connectivity index (χ0v) is 15.9. The van der Waals surface area contributed by atoms with Crippen LogP contribution in [0.4, 0.5) is 5.13 Å². The summed E-state index contributed by atoms with van der Waals surface area (Å²) < 4.78 is 7.49. The van der Waals surface area contributed by atoms with Crippen LogP contribution < -0.4 is 10.1 Å². The normalized spacial score (nSPS) is 20.8. The van der Waals surface area contributed by atoms with Crippen LogP contribution in [0.25, 0.3) is 22.2 Å². The summed E-state index contributed by atoms with van der Waals surface area (Å²) in [4.78, 5) is 4.87. The van der Waals surface area contributed by atoms with Crippen molar-refractivity contribution in [3.05, 3.63) is 29.8 Å². The lowest BCUT2D eigenvalue weighted by atomic mass is 9.87. The molecule has 1 aliphatic rings. The van der Waals surface area contributed by atoms with Gasteiger partial charge in [-0.25, -0.2) is 4.98 Å². The molecule has 2 aromatic heterocycles. The fourth-order valence-electron chi connectivity index (χ4n) is 3.90. The average Bonchev–Trinajstić information content (AvgIpc) is 3.19. The van der Waals surface area contributed by atoms with Gasteiger partial charge in [0.05, 0.1) is 18.3 Å². The lowest BCUT2D eigenvalue weighted by Crippen LogP contribution is -2.26. The highest BCUT2D eigenvalue weighted by atomic mass is 32.1. The van der Waals surface area contributed by atoms with Gasteiger partial charge in [0.15, 0.2) is 5.13 Å². The molecule has 0 spiro atoms. The van der Waals surface area contributed by atoms with E-state index in [9.17, 15) is 0 Å². The van der Waals surface area contributed by atoms with Crippen LogP contribution in [0, 0.1) is 5.92 Å². The molecule has 1 aliphatic carbocycles. The first-order valence-electron chi connectivity index (χ1n) is 8.99. The predicted molar refractivity (Wildman–Crippen MR) is 106 cm³/mol. The van der Waals surface area contributed by atoms with Gasteiger partial charge in [-0.1, -0.05) is 19.8 Å². The second-order valence-corrected chi connectivity index (χ2v) is 8.05. The highest BCUT2D eigenvalue weighted by Gasteiger charge is 2.20. The topological polar surface area (TPSA) is 39.1 Å². The summed E-state index contributed by atoms with van der Waals surface area (Å²) in [7, 11) is 3.77. The van der Waals surface area contributed by atoms with E-state index in [2.05, 4.69) is 47.6 Å². The summed E-state index contributed by atoms with van der Waals surface area (Å²) in [5.74, 6) is 1.70. The lowest BCUT2D eigenvalue weighted by molar-refractivity contribution is 0.358. The van der Waals surface area contributed by atoms with E-state index < -0.39 is 0 Å². The van der Waals surface area contributed by atoms with Gasteiger partial charge < -0.3 is 14.6 Å². The zero-order valence-electron chi connectivity index (χ0n) is 15.1. The summed E-state index contributed by atoms with van der Waals surface area (Å²) in [6.07, 6.45) is 7.35. The molecule has 0 amide bonds. The van der Waals surface area contributed by atoms with Crippen LogP contribution in [0.2, 0.25) is 0 Å². The summed E-state index contributed by atoms with van der Waals surface area (Å²) in [6, 6.07) is 6.78. The molecule has 4 rings (SSSR count). The number of hydrogen-bond donors (Lipinski definition) is 1. The van der Waals surface area contributed by atoms with Crippen molar-refractivity contribution in [2.45, 2.75) is 38.6 Å². The van der Waals surface area contributed by atoms with Gasteiger partial charge in [0, 0.05) is 41.7 Å². The fourth-order valence-corrected chi connectivity index (χ4v) is 4.69. The average molecular weight is 356 g/mol. The molecule has 4 nitrogen and oxygen atoms in total. The molecule has 1 fully saturated rings. The number of hydrogen-bond acceptors (Lipinski definition) is 4. The zero-order chi connectivity index (χ0) is 17.4. The number of thiazole rings is 1. The number of aryl methyl sites for hydroxylation is 1. The van der Waals surface area contributed by atoms with Crippen LogP contribution in [0.1, 0.15) is 32.6 Å². The number of rotatable bonds is 4. The number of fused-ring (bicyclic) bond motifs is 1. The molecular formula is C20H25N3OS. The number of anilines is 1. The highest BCUT2D eigenvalue weighted by molar-refractivity contribution is 7.14. The number of benzene rings is 1. The molecule has 2 heterocycles. The van der Waals surface area contributed by atoms with Crippen molar-refractivity contribution in [1.82, 2.24) is 9.55 Å². The molecule has 0 radical (unpaired) electrons. The van der Waals surface area contributed by atoms with Gasteiger partial charge >= 0.3 is 0 Å². The van der Waals surface area contributed by atoms with Crippen molar-refractivity contribution in [1.29, 1.82) is 0 Å². The third kappa shape index (κ3) is 3.25. The second kappa shape index (κ2) is 6.71. The fraction of sp³-hybridized carbons (Fsp3) is 0.450. The highest BCUT2D eigenvalue weighted by Crippen LogP contribution is 2.35. The van der Waals surface area contributed by atoms with Gasteiger partial charge in [0.1, 0.15) is 5.75 Å². The Bertz CT molecular complexity index is 882. The maximum absolute atomic E-state index is 5.35. The summed E-state index contributed by atoms with van der Waals surface area (Å²) in [5, 5.41) is 8.07. The van der Waals surface area contributed by atoms with E-state index in [-0.39, 0.29) is 0 Å². The Morgan fingerprint density at radius 3 is 3.00 bits per heavy atom. The molecule has 0 aliphatic heterocycles. The maximum atomic E-state index is 5.35. The first-order chi connectivity index (χ1) is 12.1. The van der Waals surface area contributed by atoms with E-state index in [1.54, 1.807) is 18.4 Å². The molecule has 132 valence electrons. The Morgan fingerprint density at radius 2 is 2.20 bits per heavy atom. The van der Waals surface area contributed by atoms with Crippen molar-refractivity contribution in [2.75, 3.05) is 12.4 Å². The monoisotopic (exact) mass is 355 g/mol. The Balaban J connectivity index is 1.60. The molecule has 0 saturated heterocycles. The smallest absolute Gasteiger partial charge is 0.183 e. The molecule has 1 aromatic carbocycles. The van der Waals surface area contributed by atoms with E-state index in [1.165, 1.54) is 36.6 Å². The second-order valence-electron chi connectivity index (χ2n) is 7.19. The van der Waals surface area contributed by atoms with Gasteiger partial charge in [-0.15, -0.1) is 11.3 Å². The van der Waals surface area contributed by atoms with Crippen molar-refractivity contribution >= 4 is 27.4 Å². The Hall–Kier alpha value is -2.01. The molecular weight excluding hydrogens is 330 g/mol. The van der Waals surface area contributed by atoms with Crippen LogP contribution in [0.15, 0.2) is 29.8 Å². The molecule has 1 saturated carbocycles. The van der Waals surface area contributed by atoms with Gasteiger partial charge in [0.2, 0.25) is 0 Å². The SMILES string of the molecule is COc1ccc2c(-c3csc(NC4CCCC(C)C4)n3)cn(C)c2c1. The van der Waals surface area contributed by atoms with E-state index in [0.717, 1.165) is 28.0 Å².